The van der Waals surface area contributed by atoms with E-state index in [2.05, 4.69) is 9.97 Å². The van der Waals surface area contributed by atoms with Gasteiger partial charge in [0.25, 0.3) is 11.5 Å². The summed E-state index contributed by atoms with van der Waals surface area (Å²) in [6.07, 6.45) is -1.53. The van der Waals surface area contributed by atoms with Crippen LogP contribution >= 0.6 is 0 Å². The minimum absolute atomic E-state index is 0.0814. The molecule has 3 rings (SSSR count). The second-order valence-electron chi connectivity index (χ2n) is 5.01. The maximum Gasteiger partial charge on any atom is 0.405 e. The molecule has 9 heteroatoms. The number of nitrogens with zero attached hydrogens (tertiary/aromatic N) is 3. The van der Waals surface area contributed by atoms with Gasteiger partial charge in [0.15, 0.2) is 11.3 Å². The highest BCUT2D eigenvalue weighted by molar-refractivity contribution is 5.93. The van der Waals surface area contributed by atoms with Crippen LogP contribution in [0.5, 0.6) is 0 Å². The van der Waals surface area contributed by atoms with Gasteiger partial charge >= 0.3 is 6.18 Å². The summed E-state index contributed by atoms with van der Waals surface area (Å²) in [4.78, 5) is 32.1. The molecule has 116 valence electrons. The SMILES string of the molecule is O=C(NCC(F)(F)F)c1nc2cccnc2n(C2CC2)c1=O. The van der Waals surface area contributed by atoms with E-state index in [0.717, 1.165) is 12.8 Å². The average molecular weight is 312 g/mol. The minimum Gasteiger partial charge on any atom is -0.341 e. The molecule has 1 aliphatic rings. The predicted octanol–water partition coefficient (Wildman–Crippen LogP) is 1.42. The van der Waals surface area contributed by atoms with E-state index in [1.165, 1.54) is 10.8 Å². The van der Waals surface area contributed by atoms with E-state index < -0.39 is 29.9 Å². The lowest BCUT2D eigenvalue weighted by Gasteiger charge is -2.11. The molecular weight excluding hydrogens is 301 g/mol. The van der Waals surface area contributed by atoms with Gasteiger partial charge in [-0.3, -0.25) is 14.2 Å². The molecule has 2 heterocycles. The first-order valence-electron chi connectivity index (χ1n) is 6.59. The van der Waals surface area contributed by atoms with Crippen molar-refractivity contribution in [2.75, 3.05) is 6.54 Å². The van der Waals surface area contributed by atoms with Crippen LogP contribution in [-0.2, 0) is 0 Å². The zero-order valence-corrected chi connectivity index (χ0v) is 11.2. The van der Waals surface area contributed by atoms with Crippen LogP contribution in [0, 0.1) is 0 Å². The summed E-state index contributed by atoms with van der Waals surface area (Å²) in [7, 11) is 0. The van der Waals surface area contributed by atoms with Crippen molar-refractivity contribution in [3.8, 4) is 0 Å². The quantitative estimate of drug-likeness (QED) is 0.930. The molecule has 0 bridgehead atoms. The fraction of sp³-hybridized carbons (Fsp3) is 0.385. The summed E-state index contributed by atoms with van der Waals surface area (Å²) >= 11 is 0. The van der Waals surface area contributed by atoms with E-state index in [1.54, 1.807) is 17.4 Å². The first-order chi connectivity index (χ1) is 10.4. The highest BCUT2D eigenvalue weighted by atomic mass is 19.4. The van der Waals surface area contributed by atoms with Crippen LogP contribution in [0.4, 0.5) is 13.2 Å². The monoisotopic (exact) mass is 312 g/mol. The fourth-order valence-corrected chi connectivity index (χ4v) is 2.12. The van der Waals surface area contributed by atoms with Crippen LogP contribution in [0.15, 0.2) is 23.1 Å². The van der Waals surface area contributed by atoms with Gasteiger partial charge in [-0.25, -0.2) is 9.97 Å². The summed E-state index contributed by atoms with van der Waals surface area (Å²) in [5, 5.41) is 1.67. The maximum absolute atomic E-state index is 12.3. The predicted molar refractivity (Wildman–Crippen MR) is 70.5 cm³/mol. The Labute approximate surface area is 122 Å². The van der Waals surface area contributed by atoms with E-state index in [-0.39, 0.29) is 6.04 Å². The molecule has 0 spiro atoms. The van der Waals surface area contributed by atoms with Gasteiger partial charge in [0.1, 0.15) is 12.1 Å². The van der Waals surface area contributed by atoms with Gasteiger partial charge in [-0.1, -0.05) is 0 Å². The summed E-state index contributed by atoms with van der Waals surface area (Å²) in [6.45, 7) is -1.51. The lowest BCUT2D eigenvalue weighted by atomic mass is 10.3. The molecule has 0 saturated heterocycles. The number of hydrogen-bond donors (Lipinski definition) is 1. The van der Waals surface area contributed by atoms with Crippen molar-refractivity contribution in [3.63, 3.8) is 0 Å². The Bertz CT molecular complexity index is 796. The minimum atomic E-state index is -4.55. The lowest BCUT2D eigenvalue weighted by molar-refractivity contribution is -0.123. The number of rotatable bonds is 3. The number of pyridine rings is 1. The van der Waals surface area contributed by atoms with E-state index >= 15 is 0 Å². The van der Waals surface area contributed by atoms with Gasteiger partial charge in [0.05, 0.1) is 0 Å². The first-order valence-corrected chi connectivity index (χ1v) is 6.59. The first kappa shape index (κ1) is 14.5. The van der Waals surface area contributed by atoms with Crippen molar-refractivity contribution >= 4 is 17.1 Å². The molecule has 0 aliphatic heterocycles. The molecule has 1 amide bonds. The van der Waals surface area contributed by atoms with Gasteiger partial charge in [-0.2, -0.15) is 13.2 Å². The molecule has 1 fully saturated rings. The Kier molecular flexibility index (Phi) is 3.34. The smallest absolute Gasteiger partial charge is 0.341 e. The maximum atomic E-state index is 12.3. The number of nitrogens with one attached hydrogen (secondary N) is 1. The molecule has 0 atom stereocenters. The van der Waals surface area contributed by atoms with Crippen molar-refractivity contribution in [2.45, 2.75) is 25.1 Å². The van der Waals surface area contributed by atoms with Crippen LogP contribution in [0.25, 0.3) is 11.2 Å². The molecule has 1 aliphatic carbocycles. The van der Waals surface area contributed by atoms with E-state index in [9.17, 15) is 22.8 Å². The molecule has 2 aromatic rings. The van der Waals surface area contributed by atoms with E-state index in [0.29, 0.717) is 11.2 Å². The Morgan fingerprint density at radius 2 is 2.14 bits per heavy atom. The number of aromatic nitrogens is 3. The highest BCUT2D eigenvalue weighted by Gasteiger charge is 2.32. The number of hydrogen-bond acceptors (Lipinski definition) is 4. The third-order valence-corrected chi connectivity index (χ3v) is 3.22. The number of halogens is 3. The van der Waals surface area contributed by atoms with Crippen molar-refractivity contribution < 1.29 is 18.0 Å². The summed E-state index contributed by atoms with van der Waals surface area (Å²) < 4.78 is 37.9. The van der Waals surface area contributed by atoms with Crippen LogP contribution in [0.3, 0.4) is 0 Å². The van der Waals surface area contributed by atoms with Gasteiger partial charge < -0.3 is 5.32 Å². The molecule has 0 aromatic carbocycles. The average Bonchev–Trinajstić information content (AvgIpc) is 3.28. The van der Waals surface area contributed by atoms with E-state index in [1.807, 2.05) is 0 Å². The van der Waals surface area contributed by atoms with Crippen molar-refractivity contribution in [1.82, 2.24) is 19.9 Å². The van der Waals surface area contributed by atoms with Gasteiger partial charge in [-0.05, 0) is 25.0 Å². The van der Waals surface area contributed by atoms with Gasteiger partial charge in [0, 0.05) is 12.2 Å². The third-order valence-electron chi connectivity index (χ3n) is 3.22. The number of alkyl halides is 3. The number of amides is 1. The molecular formula is C13H11F3N4O2. The Morgan fingerprint density at radius 1 is 1.41 bits per heavy atom. The Balaban J connectivity index is 2.05. The summed E-state index contributed by atoms with van der Waals surface area (Å²) in [6, 6.07) is 3.05. The molecule has 6 nitrogen and oxygen atoms in total. The second-order valence-corrected chi connectivity index (χ2v) is 5.01. The zero-order valence-electron chi connectivity index (χ0n) is 11.2. The lowest BCUT2D eigenvalue weighted by Crippen LogP contribution is -2.39. The topological polar surface area (TPSA) is 76.9 Å². The number of carbonyl (C=O) groups excluding carboxylic acids is 1. The Morgan fingerprint density at radius 3 is 2.77 bits per heavy atom. The number of fused-ring (bicyclic) bond motifs is 1. The van der Waals surface area contributed by atoms with Crippen LogP contribution in [0.1, 0.15) is 29.4 Å². The second kappa shape index (κ2) is 5.08. The molecule has 0 radical (unpaired) electrons. The molecule has 1 N–H and O–H groups in total. The highest BCUT2D eigenvalue weighted by Crippen LogP contribution is 2.35. The number of carbonyl (C=O) groups is 1. The molecule has 0 unspecified atom stereocenters. The third kappa shape index (κ3) is 2.78. The van der Waals surface area contributed by atoms with Gasteiger partial charge in [0.2, 0.25) is 0 Å². The van der Waals surface area contributed by atoms with Crippen LogP contribution in [-0.4, -0.2) is 33.2 Å². The molecule has 2 aromatic heterocycles. The summed E-state index contributed by atoms with van der Waals surface area (Å²) in [5.41, 5.74) is -0.626. The van der Waals surface area contributed by atoms with Gasteiger partial charge in [-0.15, -0.1) is 0 Å². The molecule has 22 heavy (non-hydrogen) atoms. The normalized spacial score (nSPS) is 15.0. The van der Waals surface area contributed by atoms with Crippen molar-refractivity contribution in [1.29, 1.82) is 0 Å². The van der Waals surface area contributed by atoms with Crippen molar-refractivity contribution in [2.24, 2.45) is 0 Å². The summed E-state index contributed by atoms with van der Waals surface area (Å²) in [5.74, 6) is -1.14. The molecule has 1 saturated carbocycles. The largest absolute Gasteiger partial charge is 0.405 e. The van der Waals surface area contributed by atoms with Crippen LogP contribution < -0.4 is 10.9 Å². The standard InChI is InChI=1S/C13H11F3N4O2/c14-13(15,16)6-18-11(21)9-12(22)20(7-3-4-7)10-8(19-9)2-1-5-17-10/h1-2,5,7H,3-4,6H2,(H,18,21). The zero-order chi connectivity index (χ0) is 15.9. The van der Waals surface area contributed by atoms with Crippen LogP contribution in [0.2, 0.25) is 0 Å². The fourth-order valence-electron chi connectivity index (χ4n) is 2.12. The Hall–Kier alpha value is -2.45. The van der Waals surface area contributed by atoms with Crippen molar-refractivity contribution in [3.05, 3.63) is 34.4 Å². The van der Waals surface area contributed by atoms with E-state index in [4.69, 9.17) is 0 Å².